The third-order valence-corrected chi connectivity index (χ3v) is 10.5. The lowest BCUT2D eigenvalue weighted by Crippen LogP contribution is -2.37. The molecular weight excluding hydrogens is 685 g/mol. The minimum Gasteiger partial charge on any atom is -0.457 e. The van der Waals surface area contributed by atoms with E-state index in [9.17, 15) is 14.3 Å². The summed E-state index contributed by atoms with van der Waals surface area (Å²) >= 11 is 0. The lowest BCUT2D eigenvalue weighted by molar-refractivity contribution is -0.870. The minimum absolute atomic E-state index is 0.0883. The second kappa shape index (κ2) is 37.9. The quantitative estimate of drug-likeness (QED) is 0.0217. The molecule has 2 unspecified atom stereocenters. The summed E-state index contributed by atoms with van der Waals surface area (Å²) in [6, 6.07) is 0. The van der Waals surface area contributed by atoms with E-state index in [0.717, 1.165) is 44.9 Å². The van der Waals surface area contributed by atoms with Crippen LogP contribution in [-0.4, -0.2) is 75.6 Å². The molecule has 0 spiro atoms. The van der Waals surface area contributed by atoms with Crippen molar-refractivity contribution in [2.45, 2.75) is 200 Å². The summed E-state index contributed by atoms with van der Waals surface area (Å²) in [4.78, 5) is 22.9. The van der Waals surface area contributed by atoms with E-state index >= 15 is 0 Å². The summed E-state index contributed by atoms with van der Waals surface area (Å²) in [7, 11) is 1.67. The Bertz CT molecular complexity index is 905. The zero-order valence-electron chi connectivity index (χ0n) is 35.5. The summed E-state index contributed by atoms with van der Waals surface area (Å²) in [5, 5.41) is 0. The van der Waals surface area contributed by atoms with Crippen LogP contribution in [0, 0.1) is 0 Å². The average Bonchev–Trinajstić information content (AvgIpc) is 3.11. The number of quaternary nitrogens is 1. The van der Waals surface area contributed by atoms with Gasteiger partial charge in [-0.1, -0.05) is 173 Å². The number of phosphoric acid groups is 1. The van der Waals surface area contributed by atoms with Gasteiger partial charge < -0.3 is 18.9 Å². The van der Waals surface area contributed by atoms with Gasteiger partial charge in [0.2, 0.25) is 0 Å². The maximum absolute atomic E-state index is 12.7. The van der Waals surface area contributed by atoms with E-state index in [4.69, 9.17) is 18.5 Å². The van der Waals surface area contributed by atoms with Crippen LogP contribution >= 0.6 is 7.82 Å². The van der Waals surface area contributed by atoms with Gasteiger partial charge >= 0.3 is 13.8 Å². The second-order valence-electron chi connectivity index (χ2n) is 16.1. The molecule has 0 aromatic carbocycles. The van der Waals surface area contributed by atoms with Gasteiger partial charge in [0.05, 0.1) is 34.4 Å². The van der Waals surface area contributed by atoms with Crippen molar-refractivity contribution in [1.82, 2.24) is 0 Å². The monoisotopic (exact) mass is 773 g/mol. The number of allylic oxidation sites excluding steroid dienone is 4. The van der Waals surface area contributed by atoms with Gasteiger partial charge in [-0.25, -0.2) is 4.57 Å². The number of phosphoric ester groups is 1. The zero-order chi connectivity index (χ0) is 39.1. The molecule has 0 radical (unpaired) electrons. The molecule has 8 nitrogen and oxygen atoms in total. The largest absolute Gasteiger partial charge is 0.472 e. The summed E-state index contributed by atoms with van der Waals surface area (Å²) < 4.78 is 35.0. The van der Waals surface area contributed by atoms with Crippen LogP contribution in [0.15, 0.2) is 24.3 Å². The molecule has 314 valence electrons. The van der Waals surface area contributed by atoms with Crippen molar-refractivity contribution in [3.63, 3.8) is 0 Å². The number of hydrogen-bond donors (Lipinski definition) is 1. The molecule has 53 heavy (non-hydrogen) atoms. The number of carbonyl (C=O) groups is 1. The van der Waals surface area contributed by atoms with Gasteiger partial charge in [-0.05, 0) is 38.5 Å². The maximum Gasteiger partial charge on any atom is 0.472 e. The Balaban J connectivity index is 4.21. The Kier molecular flexibility index (Phi) is 37.2. The van der Waals surface area contributed by atoms with Crippen LogP contribution in [0.2, 0.25) is 0 Å². The van der Waals surface area contributed by atoms with Gasteiger partial charge in [-0.2, -0.15) is 0 Å². The third kappa shape index (κ3) is 42.0. The minimum atomic E-state index is -4.27. The summed E-state index contributed by atoms with van der Waals surface area (Å²) in [6.45, 7) is 5.56. The topological polar surface area (TPSA) is 91.3 Å². The molecule has 0 rings (SSSR count). The number of likely N-dealkylation sites (N-methyl/N-ethyl adjacent to an activating group) is 1. The van der Waals surface area contributed by atoms with Gasteiger partial charge in [-0.3, -0.25) is 13.8 Å². The Morgan fingerprint density at radius 1 is 0.585 bits per heavy atom. The van der Waals surface area contributed by atoms with Crippen molar-refractivity contribution in [3.8, 4) is 0 Å². The molecule has 0 aliphatic rings. The molecule has 0 saturated heterocycles. The zero-order valence-corrected chi connectivity index (χ0v) is 36.4. The Morgan fingerprint density at radius 2 is 1.08 bits per heavy atom. The van der Waals surface area contributed by atoms with Gasteiger partial charge in [0.1, 0.15) is 19.3 Å². The summed E-state index contributed by atoms with van der Waals surface area (Å²) in [5.41, 5.74) is 0. The van der Waals surface area contributed by atoms with Crippen molar-refractivity contribution >= 4 is 13.8 Å². The van der Waals surface area contributed by atoms with E-state index in [1.807, 2.05) is 21.1 Å². The predicted octanol–water partition coefficient (Wildman–Crippen LogP) is 12.8. The fourth-order valence-corrected chi connectivity index (χ4v) is 6.80. The Morgan fingerprint density at radius 3 is 1.60 bits per heavy atom. The highest BCUT2D eigenvalue weighted by Crippen LogP contribution is 2.43. The fourth-order valence-electron chi connectivity index (χ4n) is 6.06. The lowest BCUT2D eigenvalue weighted by atomic mass is 10.0. The molecule has 0 heterocycles. The molecule has 0 fully saturated rings. The van der Waals surface area contributed by atoms with E-state index in [0.29, 0.717) is 24.1 Å². The SMILES string of the molecule is CCC/C=C\C/C=C\CCCCCCCCOCC(COP(=O)(O)OCC[N+](C)(C)C)OC(=O)CCCCCCCCCCCCCCCCCCC. The van der Waals surface area contributed by atoms with Crippen molar-refractivity contribution in [2.24, 2.45) is 0 Å². The number of unbranched alkanes of at least 4 members (excludes halogenated alkanes) is 23. The number of hydrogen-bond acceptors (Lipinski definition) is 6. The molecular formula is C44H87NO7P+. The standard InChI is InChI=1S/C44H86NO7P/c1-6-8-10-12-14-16-18-20-22-23-24-25-27-29-31-33-35-37-44(46)52-43(42-51-53(47,48)50-40-38-45(3,4)5)41-49-39-36-34-32-30-28-26-21-19-17-15-13-11-9-7-2/h11,13,17,19,43H,6-10,12,14-16,18,20-42H2,1-5H3/p+1/b13-11-,19-17-. The first-order valence-electron chi connectivity index (χ1n) is 22.1. The summed E-state index contributed by atoms with van der Waals surface area (Å²) in [5.74, 6) is -0.315. The normalized spacial score (nSPS) is 14.0. The number of esters is 1. The fraction of sp³-hybridized carbons (Fsp3) is 0.886. The molecule has 2 atom stereocenters. The van der Waals surface area contributed by atoms with E-state index in [-0.39, 0.29) is 25.8 Å². The van der Waals surface area contributed by atoms with Crippen LogP contribution in [0.3, 0.4) is 0 Å². The number of carbonyl (C=O) groups excluding carboxylic acids is 1. The first kappa shape index (κ1) is 52.0. The van der Waals surface area contributed by atoms with E-state index in [2.05, 4.69) is 38.2 Å². The van der Waals surface area contributed by atoms with E-state index in [1.54, 1.807) is 0 Å². The molecule has 0 bridgehead atoms. The van der Waals surface area contributed by atoms with Crippen LogP contribution in [0.25, 0.3) is 0 Å². The predicted molar refractivity (Wildman–Crippen MR) is 224 cm³/mol. The average molecular weight is 773 g/mol. The molecule has 0 saturated carbocycles. The molecule has 9 heteroatoms. The molecule has 0 aliphatic carbocycles. The third-order valence-electron chi connectivity index (χ3n) is 9.50. The van der Waals surface area contributed by atoms with Crippen molar-refractivity contribution < 1.29 is 37.3 Å². The van der Waals surface area contributed by atoms with Crippen LogP contribution in [-0.2, 0) is 27.9 Å². The molecule has 1 N–H and O–H groups in total. The van der Waals surface area contributed by atoms with Crippen molar-refractivity contribution in [1.29, 1.82) is 0 Å². The first-order chi connectivity index (χ1) is 25.6. The van der Waals surface area contributed by atoms with Gasteiger partial charge in [-0.15, -0.1) is 0 Å². The van der Waals surface area contributed by atoms with Crippen LogP contribution < -0.4 is 0 Å². The number of nitrogens with zero attached hydrogens (tertiary/aromatic N) is 1. The van der Waals surface area contributed by atoms with E-state index < -0.39 is 13.9 Å². The molecule has 0 aromatic rings. The van der Waals surface area contributed by atoms with E-state index in [1.165, 1.54) is 128 Å². The molecule has 0 aromatic heterocycles. The van der Waals surface area contributed by atoms with Crippen LogP contribution in [0.1, 0.15) is 194 Å². The molecule has 0 aliphatic heterocycles. The maximum atomic E-state index is 12.7. The lowest BCUT2D eigenvalue weighted by Gasteiger charge is -2.24. The van der Waals surface area contributed by atoms with Crippen molar-refractivity contribution in [3.05, 3.63) is 24.3 Å². The summed E-state index contributed by atoms with van der Waals surface area (Å²) in [6.07, 6.45) is 42.0. The van der Waals surface area contributed by atoms with Gasteiger partial charge in [0, 0.05) is 13.0 Å². The highest BCUT2D eigenvalue weighted by molar-refractivity contribution is 7.47. The van der Waals surface area contributed by atoms with Gasteiger partial charge in [0.25, 0.3) is 0 Å². The highest BCUT2D eigenvalue weighted by Gasteiger charge is 2.26. The molecule has 0 amide bonds. The van der Waals surface area contributed by atoms with Crippen molar-refractivity contribution in [2.75, 3.05) is 54.1 Å². The van der Waals surface area contributed by atoms with Crippen LogP contribution in [0.4, 0.5) is 0 Å². The van der Waals surface area contributed by atoms with Gasteiger partial charge in [0.15, 0.2) is 0 Å². The second-order valence-corrected chi connectivity index (χ2v) is 17.5. The first-order valence-corrected chi connectivity index (χ1v) is 23.6. The smallest absolute Gasteiger partial charge is 0.457 e. The Hall–Kier alpha value is -1.02. The Labute approximate surface area is 328 Å². The highest BCUT2D eigenvalue weighted by atomic mass is 31.2. The van der Waals surface area contributed by atoms with Crippen LogP contribution in [0.5, 0.6) is 0 Å². The number of rotatable bonds is 41. The number of ether oxygens (including phenoxy) is 2.